The average molecular weight is 683 g/mol. The maximum absolute atomic E-state index is 10.6. The molecule has 0 saturated heterocycles. The van der Waals surface area contributed by atoms with E-state index in [1.54, 1.807) is 24.4 Å². The molecular weight excluding hydrogens is 653 g/mol. The number of nitrogens with zero attached hydrogens (tertiary/aromatic N) is 3. The summed E-state index contributed by atoms with van der Waals surface area (Å²) in [5.74, 6) is 1.69. The molecule has 0 unspecified atom stereocenters. The molecule has 0 amide bonds. The predicted molar refractivity (Wildman–Crippen MR) is 149 cm³/mol. The second-order valence-electron chi connectivity index (χ2n) is 10.5. The summed E-state index contributed by atoms with van der Waals surface area (Å²) < 4.78 is 16.6. The number of para-hydroxylation sites is 1. The fraction of sp³-hybridized carbons (Fsp3) is 0.188. The van der Waals surface area contributed by atoms with E-state index < -0.39 is 0 Å². The molecule has 0 atom stereocenters. The number of aromatic nitrogens is 3. The Labute approximate surface area is 237 Å². The molecule has 0 radical (unpaired) electrons. The van der Waals surface area contributed by atoms with Crippen molar-refractivity contribution in [3.63, 3.8) is 0 Å². The van der Waals surface area contributed by atoms with E-state index in [0.29, 0.717) is 29.0 Å². The van der Waals surface area contributed by atoms with Gasteiger partial charge in [0.2, 0.25) is 5.88 Å². The van der Waals surface area contributed by atoms with Crippen LogP contribution in [0.2, 0.25) is 0 Å². The van der Waals surface area contributed by atoms with E-state index in [9.17, 15) is 5.11 Å². The van der Waals surface area contributed by atoms with Crippen molar-refractivity contribution in [3.05, 3.63) is 95.7 Å². The summed E-state index contributed by atoms with van der Waals surface area (Å²) in [7, 11) is 0. The van der Waals surface area contributed by atoms with Crippen LogP contribution in [0.25, 0.3) is 38.5 Å². The first-order valence-corrected chi connectivity index (χ1v) is 12.3. The second-order valence-corrected chi connectivity index (χ2v) is 10.5. The number of hydrogen-bond acceptors (Lipinski definition) is 4. The van der Waals surface area contributed by atoms with Crippen molar-refractivity contribution < 1.29 is 32.3 Å². The molecule has 6 heteroatoms. The Balaban J connectivity index is 0.00000308. The summed E-state index contributed by atoms with van der Waals surface area (Å²) in [6, 6.07) is 23.2. The first kappa shape index (κ1) is 24.6. The quantitative estimate of drug-likeness (QED) is 0.193. The van der Waals surface area contributed by atoms with Gasteiger partial charge in [0.25, 0.3) is 0 Å². The van der Waals surface area contributed by atoms with Crippen molar-refractivity contribution in [2.45, 2.75) is 40.0 Å². The molecule has 0 spiro atoms. The minimum absolute atomic E-state index is 0. The molecular formula is C32H28N3O2Pt-. The molecule has 0 saturated carbocycles. The predicted octanol–water partition coefficient (Wildman–Crippen LogP) is 7.94. The Hall–Kier alpha value is -3.69. The molecule has 1 N–H and O–H groups in total. The molecule has 194 valence electrons. The van der Waals surface area contributed by atoms with Gasteiger partial charge in [0.15, 0.2) is 0 Å². The fourth-order valence-electron chi connectivity index (χ4n) is 5.06. The van der Waals surface area contributed by atoms with Gasteiger partial charge in [-0.1, -0.05) is 55.9 Å². The standard InChI is InChI=1S/C32H28N3O2.Pt/c1-19-14-23-20(2)16-29(34-31(23)27(36)15-19)37-21-17-24(32(3,4)5)30-22-10-6-7-11-25(22)35(26(30)18-21)28-12-8-9-13-33-28;/h6-17,36H,1-5H3;/q-1;/i8D;. The van der Waals surface area contributed by atoms with Crippen LogP contribution in [0, 0.1) is 19.9 Å². The van der Waals surface area contributed by atoms with E-state index in [1.165, 1.54) is 0 Å². The minimum atomic E-state index is -0.201. The van der Waals surface area contributed by atoms with Crippen molar-refractivity contribution in [1.82, 2.24) is 14.5 Å². The van der Waals surface area contributed by atoms with Gasteiger partial charge in [-0.3, -0.25) is 0 Å². The minimum Gasteiger partial charge on any atom is -0.506 e. The van der Waals surface area contributed by atoms with E-state index >= 15 is 0 Å². The van der Waals surface area contributed by atoms with Crippen LogP contribution in [-0.4, -0.2) is 19.6 Å². The molecule has 3 heterocycles. The number of rotatable bonds is 3. The van der Waals surface area contributed by atoms with Gasteiger partial charge in [0.1, 0.15) is 17.1 Å². The number of hydrogen-bond donors (Lipinski definition) is 1. The van der Waals surface area contributed by atoms with Crippen molar-refractivity contribution in [1.29, 1.82) is 0 Å². The topological polar surface area (TPSA) is 60.2 Å². The smallest absolute Gasteiger partial charge is 0.217 e. The van der Waals surface area contributed by atoms with E-state index in [0.717, 1.165) is 43.9 Å². The summed E-state index contributed by atoms with van der Waals surface area (Å²) in [4.78, 5) is 9.24. The number of phenols is 1. The van der Waals surface area contributed by atoms with Crippen LogP contribution in [0.4, 0.5) is 0 Å². The Bertz CT molecular complexity index is 1890. The number of fused-ring (bicyclic) bond motifs is 4. The molecule has 0 aliphatic rings. The van der Waals surface area contributed by atoms with Crippen LogP contribution in [0.1, 0.15) is 38.8 Å². The first-order chi connectivity index (χ1) is 18.1. The summed E-state index contributed by atoms with van der Waals surface area (Å²) >= 11 is 0. The molecule has 0 aliphatic heterocycles. The molecule has 6 aromatic rings. The Kier molecular flexibility index (Phi) is 6.20. The van der Waals surface area contributed by atoms with Crippen LogP contribution in [0.15, 0.2) is 72.9 Å². The third kappa shape index (κ3) is 4.35. The van der Waals surface area contributed by atoms with Crippen LogP contribution in [0.5, 0.6) is 17.4 Å². The number of ether oxygens (including phenoxy) is 1. The molecule has 5 nitrogen and oxygen atoms in total. The Morgan fingerprint density at radius 2 is 1.79 bits per heavy atom. The van der Waals surface area contributed by atoms with Crippen molar-refractivity contribution in [2.75, 3.05) is 0 Å². The maximum atomic E-state index is 10.6. The summed E-state index contributed by atoms with van der Waals surface area (Å²) in [5, 5.41) is 13.6. The second kappa shape index (κ2) is 9.56. The molecule has 0 fully saturated rings. The largest absolute Gasteiger partial charge is 0.506 e. The summed E-state index contributed by atoms with van der Waals surface area (Å²) in [6.45, 7) is 10.5. The van der Waals surface area contributed by atoms with Gasteiger partial charge in [-0.05, 0) is 66.1 Å². The summed E-state index contributed by atoms with van der Waals surface area (Å²) in [5.41, 5.74) is 5.16. The Morgan fingerprint density at radius 3 is 2.55 bits per heavy atom. The number of aromatic hydroxyl groups is 1. The third-order valence-corrected chi connectivity index (χ3v) is 6.72. The van der Waals surface area contributed by atoms with E-state index in [2.05, 4.69) is 48.9 Å². The number of aryl methyl sites for hydroxylation is 2. The van der Waals surface area contributed by atoms with Gasteiger partial charge in [-0.15, -0.1) is 17.7 Å². The van der Waals surface area contributed by atoms with Gasteiger partial charge >= 0.3 is 0 Å². The molecule has 0 bridgehead atoms. The van der Waals surface area contributed by atoms with Gasteiger partial charge in [0, 0.05) is 50.0 Å². The normalized spacial score (nSPS) is 12.1. The Morgan fingerprint density at radius 1 is 1.00 bits per heavy atom. The summed E-state index contributed by atoms with van der Waals surface area (Å²) in [6.07, 6.45) is 1.65. The van der Waals surface area contributed by atoms with Gasteiger partial charge in [0.05, 0.1) is 1.37 Å². The SMILES string of the molecule is [2H]c1ccnc(-n2c3[c-]c(Oc4cc(C)c5cc(C)cc(O)c5n4)cc(C(C)(C)C)c3c3ccccc32)c1.[Pt]. The van der Waals surface area contributed by atoms with Crippen molar-refractivity contribution in [2.24, 2.45) is 0 Å². The third-order valence-electron chi connectivity index (χ3n) is 6.72. The van der Waals surface area contributed by atoms with Crippen LogP contribution in [-0.2, 0) is 26.5 Å². The zero-order valence-corrected chi connectivity index (χ0v) is 24.1. The monoisotopic (exact) mass is 682 g/mol. The van der Waals surface area contributed by atoms with Gasteiger partial charge in [-0.25, -0.2) is 9.97 Å². The van der Waals surface area contributed by atoms with Crippen LogP contribution >= 0.6 is 0 Å². The van der Waals surface area contributed by atoms with Crippen LogP contribution in [0.3, 0.4) is 0 Å². The molecule has 0 aliphatic carbocycles. The van der Waals surface area contributed by atoms with E-state index in [-0.39, 0.29) is 32.2 Å². The maximum Gasteiger partial charge on any atom is 0.217 e. The number of pyridine rings is 2. The first-order valence-electron chi connectivity index (χ1n) is 12.8. The molecule has 38 heavy (non-hydrogen) atoms. The number of benzene rings is 3. The van der Waals surface area contributed by atoms with E-state index in [4.69, 9.17) is 6.11 Å². The zero-order valence-electron chi connectivity index (χ0n) is 22.9. The van der Waals surface area contributed by atoms with Crippen molar-refractivity contribution >= 4 is 32.7 Å². The zero-order chi connectivity index (χ0) is 26.8. The van der Waals surface area contributed by atoms with E-state index in [1.807, 2.05) is 48.7 Å². The van der Waals surface area contributed by atoms with Gasteiger partial charge in [-0.2, -0.15) is 0 Å². The number of phenolic OH excluding ortho intramolecular Hbond substituents is 1. The fourth-order valence-corrected chi connectivity index (χ4v) is 5.06. The molecule has 3 aromatic heterocycles. The van der Waals surface area contributed by atoms with Crippen LogP contribution < -0.4 is 4.74 Å². The van der Waals surface area contributed by atoms with Crippen molar-refractivity contribution in [3.8, 4) is 23.2 Å². The average Bonchev–Trinajstić information content (AvgIpc) is 3.18. The molecule has 6 rings (SSSR count). The molecule has 3 aromatic carbocycles. The van der Waals surface area contributed by atoms with Gasteiger partial charge < -0.3 is 14.4 Å².